The van der Waals surface area contributed by atoms with Crippen LogP contribution < -0.4 is 5.32 Å². The number of phenols is 1. The van der Waals surface area contributed by atoms with Gasteiger partial charge in [0.1, 0.15) is 0 Å². The van der Waals surface area contributed by atoms with Crippen molar-refractivity contribution in [2.75, 3.05) is 26.2 Å². The highest BCUT2D eigenvalue weighted by molar-refractivity contribution is 9.10. The maximum absolute atomic E-state index is 13.0. The Morgan fingerprint density at radius 3 is 2.36 bits per heavy atom. The van der Waals surface area contributed by atoms with E-state index in [1.165, 1.54) is 6.07 Å². The standard InChI is InChI=1S/C13H15BrF3N3O3.2ClH/c14-8-5-9(12(21)10(6-8)20(22)23)11(7-13(15,16)17)19-3-1-18-2-4-19;;/h5-6,11,18,21H,1-4,7H2;2*1H/t11-;;/m1../s1. The third-order valence-corrected chi connectivity index (χ3v) is 4.11. The van der Waals surface area contributed by atoms with Gasteiger partial charge in [0.25, 0.3) is 0 Å². The van der Waals surface area contributed by atoms with E-state index in [1.54, 1.807) is 4.90 Å². The van der Waals surface area contributed by atoms with Crippen molar-refractivity contribution in [1.82, 2.24) is 10.2 Å². The monoisotopic (exact) mass is 469 g/mol. The normalized spacial score (nSPS) is 16.5. The number of piperazine rings is 1. The Morgan fingerprint density at radius 1 is 1.32 bits per heavy atom. The number of hydrogen-bond donors (Lipinski definition) is 2. The van der Waals surface area contributed by atoms with Crippen molar-refractivity contribution in [1.29, 1.82) is 0 Å². The van der Waals surface area contributed by atoms with Crippen LogP contribution in [0.4, 0.5) is 18.9 Å². The molecule has 1 aliphatic heterocycles. The third kappa shape index (κ3) is 6.45. The number of phenolic OH excluding ortho intramolecular Hbond substituents is 1. The van der Waals surface area contributed by atoms with Crippen molar-refractivity contribution < 1.29 is 23.2 Å². The molecule has 1 atom stereocenters. The van der Waals surface area contributed by atoms with Crippen LogP contribution in [0, 0.1) is 10.1 Å². The van der Waals surface area contributed by atoms with Gasteiger partial charge < -0.3 is 10.4 Å². The number of nitrogens with one attached hydrogen (secondary N) is 1. The van der Waals surface area contributed by atoms with Gasteiger partial charge in [-0.2, -0.15) is 13.2 Å². The topological polar surface area (TPSA) is 78.6 Å². The Labute approximate surface area is 162 Å². The summed E-state index contributed by atoms with van der Waals surface area (Å²) in [4.78, 5) is 11.8. The number of benzene rings is 1. The number of aromatic hydroxyl groups is 1. The van der Waals surface area contributed by atoms with E-state index < -0.39 is 35.0 Å². The first-order valence-electron chi connectivity index (χ1n) is 6.87. The van der Waals surface area contributed by atoms with E-state index in [1.807, 2.05) is 0 Å². The number of nitro groups is 1. The molecular weight excluding hydrogens is 454 g/mol. The molecule has 1 aromatic carbocycles. The van der Waals surface area contributed by atoms with E-state index >= 15 is 0 Å². The molecule has 25 heavy (non-hydrogen) atoms. The molecule has 0 bridgehead atoms. The van der Waals surface area contributed by atoms with E-state index in [-0.39, 0.29) is 34.9 Å². The minimum absolute atomic E-state index is 0. The number of nitrogens with zero attached hydrogens (tertiary/aromatic N) is 2. The zero-order valence-electron chi connectivity index (χ0n) is 12.8. The fourth-order valence-electron chi connectivity index (χ4n) is 2.65. The third-order valence-electron chi connectivity index (χ3n) is 3.66. The van der Waals surface area contributed by atoms with Crippen LogP contribution in [0.25, 0.3) is 0 Å². The summed E-state index contributed by atoms with van der Waals surface area (Å²) in [5.41, 5.74) is -0.706. The van der Waals surface area contributed by atoms with Gasteiger partial charge in [0.05, 0.1) is 11.3 Å². The van der Waals surface area contributed by atoms with Crippen molar-refractivity contribution >= 4 is 46.4 Å². The minimum Gasteiger partial charge on any atom is -0.502 e. The summed E-state index contributed by atoms with van der Waals surface area (Å²) in [5, 5.41) is 24.1. The summed E-state index contributed by atoms with van der Waals surface area (Å²) in [6, 6.07) is 1.20. The summed E-state index contributed by atoms with van der Waals surface area (Å²) >= 11 is 3.06. The van der Waals surface area contributed by atoms with E-state index in [0.29, 0.717) is 26.2 Å². The highest BCUT2D eigenvalue weighted by atomic mass is 79.9. The van der Waals surface area contributed by atoms with Crippen LogP contribution in [0.15, 0.2) is 16.6 Å². The van der Waals surface area contributed by atoms with Crippen molar-refractivity contribution in [3.05, 3.63) is 32.3 Å². The predicted molar refractivity (Wildman–Crippen MR) is 94.8 cm³/mol. The summed E-state index contributed by atoms with van der Waals surface area (Å²) in [6.45, 7) is 1.76. The second-order valence-corrected chi connectivity index (χ2v) is 6.16. The fraction of sp³-hybridized carbons (Fsp3) is 0.538. The van der Waals surface area contributed by atoms with Crippen LogP contribution in [0.1, 0.15) is 18.0 Å². The molecule has 1 fully saturated rings. The molecular formula is C13H17BrCl2F3N3O3. The van der Waals surface area contributed by atoms with Gasteiger partial charge in [-0.1, -0.05) is 15.9 Å². The second-order valence-electron chi connectivity index (χ2n) is 5.24. The van der Waals surface area contributed by atoms with Gasteiger partial charge in [-0.25, -0.2) is 0 Å². The largest absolute Gasteiger partial charge is 0.502 e. The van der Waals surface area contributed by atoms with Crippen LogP contribution in [0.5, 0.6) is 5.75 Å². The molecule has 0 radical (unpaired) electrons. The van der Waals surface area contributed by atoms with Gasteiger partial charge in [-0.3, -0.25) is 15.0 Å². The molecule has 0 spiro atoms. The number of rotatable bonds is 4. The maximum atomic E-state index is 13.0. The fourth-order valence-corrected chi connectivity index (χ4v) is 3.11. The second kappa shape index (κ2) is 9.77. The molecule has 1 heterocycles. The molecule has 0 aromatic heterocycles. The molecule has 1 aromatic rings. The Hall–Kier alpha value is -0.810. The van der Waals surface area contributed by atoms with E-state index in [2.05, 4.69) is 21.2 Å². The highest BCUT2D eigenvalue weighted by Crippen LogP contribution is 2.42. The molecule has 2 N–H and O–H groups in total. The molecule has 0 aliphatic carbocycles. The minimum atomic E-state index is -4.46. The Bertz CT molecular complexity index is 602. The van der Waals surface area contributed by atoms with Gasteiger partial charge in [-0.15, -0.1) is 24.8 Å². The number of hydrogen-bond acceptors (Lipinski definition) is 5. The zero-order valence-corrected chi connectivity index (χ0v) is 16.0. The Balaban J connectivity index is 0.00000288. The lowest BCUT2D eigenvalue weighted by Gasteiger charge is -2.35. The van der Waals surface area contributed by atoms with Gasteiger partial charge in [0.2, 0.25) is 0 Å². The molecule has 144 valence electrons. The molecule has 2 rings (SSSR count). The maximum Gasteiger partial charge on any atom is 0.390 e. The predicted octanol–water partition coefficient (Wildman–Crippen LogP) is 3.81. The SMILES string of the molecule is Cl.Cl.O=[N+]([O-])c1cc(Br)cc([C@@H](CC(F)(F)F)N2CCNCC2)c1O. The van der Waals surface area contributed by atoms with Gasteiger partial charge in [0, 0.05) is 48.3 Å². The van der Waals surface area contributed by atoms with Crippen molar-refractivity contribution in [3.63, 3.8) is 0 Å². The van der Waals surface area contributed by atoms with Gasteiger partial charge >= 0.3 is 11.9 Å². The number of alkyl halides is 3. The molecule has 12 heteroatoms. The zero-order chi connectivity index (χ0) is 17.2. The highest BCUT2D eigenvalue weighted by Gasteiger charge is 2.38. The first-order chi connectivity index (χ1) is 10.7. The number of halogens is 6. The van der Waals surface area contributed by atoms with Gasteiger partial charge in [0.15, 0.2) is 5.75 Å². The molecule has 1 saturated heterocycles. The van der Waals surface area contributed by atoms with E-state index in [0.717, 1.165) is 6.07 Å². The van der Waals surface area contributed by atoms with Crippen LogP contribution in [-0.4, -0.2) is 47.3 Å². The lowest BCUT2D eigenvalue weighted by Crippen LogP contribution is -2.46. The average Bonchev–Trinajstić information content (AvgIpc) is 2.47. The van der Waals surface area contributed by atoms with Crippen molar-refractivity contribution in [2.24, 2.45) is 0 Å². The molecule has 6 nitrogen and oxygen atoms in total. The summed E-state index contributed by atoms with van der Waals surface area (Å²) < 4.78 is 39.2. The quantitative estimate of drug-likeness (QED) is 0.516. The van der Waals surface area contributed by atoms with Gasteiger partial charge in [-0.05, 0) is 6.07 Å². The summed E-state index contributed by atoms with van der Waals surface area (Å²) in [5.74, 6) is -0.717. The molecule has 1 aliphatic rings. The first-order valence-corrected chi connectivity index (χ1v) is 7.66. The van der Waals surface area contributed by atoms with E-state index in [9.17, 15) is 28.4 Å². The summed E-state index contributed by atoms with van der Waals surface area (Å²) in [6.07, 6.45) is -5.65. The Kier molecular flexibility index (Phi) is 9.45. The lowest BCUT2D eigenvalue weighted by atomic mass is 9.99. The lowest BCUT2D eigenvalue weighted by molar-refractivity contribution is -0.386. The van der Waals surface area contributed by atoms with Crippen LogP contribution in [0.3, 0.4) is 0 Å². The van der Waals surface area contributed by atoms with Crippen molar-refractivity contribution in [2.45, 2.75) is 18.6 Å². The summed E-state index contributed by atoms with van der Waals surface area (Å²) in [7, 11) is 0. The van der Waals surface area contributed by atoms with Crippen molar-refractivity contribution in [3.8, 4) is 5.75 Å². The van der Waals surface area contributed by atoms with E-state index in [4.69, 9.17) is 0 Å². The molecule has 0 unspecified atom stereocenters. The van der Waals surface area contributed by atoms with Crippen LogP contribution in [0.2, 0.25) is 0 Å². The molecule has 0 saturated carbocycles. The van der Waals surface area contributed by atoms with Crippen LogP contribution >= 0.6 is 40.7 Å². The average molecular weight is 471 g/mol. The Morgan fingerprint density at radius 2 is 1.88 bits per heavy atom. The van der Waals surface area contributed by atoms with Crippen LogP contribution in [-0.2, 0) is 0 Å². The smallest absolute Gasteiger partial charge is 0.390 e. The molecule has 0 amide bonds. The first kappa shape index (κ1) is 24.2. The number of nitro benzene ring substituents is 1.